The van der Waals surface area contributed by atoms with Crippen LogP contribution in [0.1, 0.15) is 11.1 Å². The standard InChI is InChI=1S/C24H21N3O2S2/c1-4-12-29-20-11-10-17(13-16(20)2)22-18(14-21-23(28)26(3)24(30)31-21)15-27(25-22)19-8-6-5-7-9-19/h4-11,13-15H,1,12H2,2-3H3/b21-14-. The minimum Gasteiger partial charge on any atom is -0.489 e. The van der Waals surface area contributed by atoms with E-state index in [0.29, 0.717) is 15.8 Å². The summed E-state index contributed by atoms with van der Waals surface area (Å²) in [6.07, 6.45) is 5.52. The van der Waals surface area contributed by atoms with E-state index in [9.17, 15) is 4.79 Å². The molecule has 0 radical (unpaired) electrons. The molecule has 1 aromatic heterocycles. The van der Waals surface area contributed by atoms with E-state index in [0.717, 1.165) is 33.8 Å². The summed E-state index contributed by atoms with van der Waals surface area (Å²) >= 11 is 6.57. The molecular weight excluding hydrogens is 426 g/mol. The van der Waals surface area contributed by atoms with Crippen LogP contribution in [0.15, 0.2) is 72.3 Å². The number of likely N-dealkylation sites (N-methyl/N-ethyl adjacent to an activating group) is 1. The molecule has 1 fully saturated rings. The summed E-state index contributed by atoms with van der Waals surface area (Å²) in [5, 5.41) is 4.84. The van der Waals surface area contributed by atoms with Crippen molar-refractivity contribution in [1.82, 2.24) is 14.7 Å². The van der Waals surface area contributed by atoms with Crippen molar-refractivity contribution < 1.29 is 9.53 Å². The van der Waals surface area contributed by atoms with Gasteiger partial charge in [-0.25, -0.2) is 4.68 Å². The highest BCUT2D eigenvalue weighted by Crippen LogP contribution is 2.35. The molecular formula is C24H21N3O2S2. The second-order valence-electron chi connectivity index (χ2n) is 7.03. The van der Waals surface area contributed by atoms with E-state index in [1.54, 1.807) is 13.1 Å². The number of hydrogen-bond acceptors (Lipinski definition) is 5. The number of carbonyl (C=O) groups excluding carboxylic acids is 1. The Kier molecular flexibility index (Phi) is 6.06. The third-order valence-electron chi connectivity index (χ3n) is 4.84. The number of aryl methyl sites for hydroxylation is 1. The van der Waals surface area contributed by atoms with E-state index in [1.165, 1.54) is 16.7 Å². The Labute approximate surface area is 191 Å². The SMILES string of the molecule is C=CCOc1ccc(-c2nn(-c3ccccc3)cc2/C=C2\SC(=S)N(C)C2=O)cc1C. The van der Waals surface area contributed by atoms with Gasteiger partial charge in [0.1, 0.15) is 22.4 Å². The predicted molar refractivity (Wildman–Crippen MR) is 130 cm³/mol. The van der Waals surface area contributed by atoms with Crippen molar-refractivity contribution >= 4 is 40.3 Å². The van der Waals surface area contributed by atoms with Crippen LogP contribution in [0.3, 0.4) is 0 Å². The molecule has 5 nitrogen and oxygen atoms in total. The van der Waals surface area contributed by atoms with E-state index in [2.05, 4.69) is 6.58 Å². The van der Waals surface area contributed by atoms with Gasteiger partial charge < -0.3 is 4.74 Å². The van der Waals surface area contributed by atoms with Crippen molar-refractivity contribution in [3.8, 4) is 22.7 Å². The minimum atomic E-state index is -0.0993. The number of thioether (sulfide) groups is 1. The smallest absolute Gasteiger partial charge is 0.265 e. The highest BCUT2D eigenvalue weighted by Gasteiger charge is 2.29. The molecule has 2 heterocycles. The zero-order valence-corrected chi connectivity index (χ0v) is 18.9. The van der Waals surface area contributed by atoms with Gasteiger partial charge in [0.2, 0.25) is 0 Å². The molecule has 1 aliphatic heterocycles. The zero-order chi connectivity index (χ0) is 22.0. The average Bonchev–Trinajstić information content (AvgIpc) is 3.30. The molecule has 3 aromatic rings. The second-order valence-corrected chi connectivity index (χ2v) is 8.71. The number of benzene rings is 2. The maximum atomic E-state index is 12.5. The number of amides is 1. The van der Waals surface area contributed by atoms with E-state index >= 15 is 0 Å². The fourth-order valence-corrected chi connectivity index (χ4v) is 4.39. The van der Waals surface area contributed by atoms with Gasteiger partial charge in [-0.05, 0) is 48.9 Å². The first-order valence-corrected chi connectivity index (χ1v) is 10.9. The monoisotopic (exact) mass is 447 g/mol. The van der Waals surface area contributed by atoms with Crippen LogP contribution in [0.5, 0.6) is 5.75 Å². The second kappa shape index (κ2) is 8.91. The average molecular weight is 448 g/mol. The molecule has 0 saturated carbocycles. The Morgan fingerprint density at radius 3 is 2.65 bits per heavy atom. The van der Waals surface area contributed by atoms with Gasteiger partial charge in [0.15, 0.2) is 0 Å². The van der Waals surface area contributed by atoms with Crippen LogP contribution >= 0.6 is 24.0 Å². The summed E-state index contributed by atoms with van der Waals surface area (Å²) in [5.41, 5.74) is 4.51. The van der Waals surface area contributed by atoms with Gasteiger partial charge >= 0.3 is 0 Å². The molecule has 1 aliphatic rings. The molecule has 156 valence electrons. The molecule has 2 aromatic carbocycles. The van der Waals surface area contributed by atoms with Gasteiger partial charge in [-0.3, -0.25) is 9.69 Å². The lowest BCUT2D eigenvalue weighted by atomic mass is 10.0. The quantitative estimate of drug-likeness (QED) is 0.294. The number of thiocarbonyl (C=S) groups is 1. The number of carbonyl (C=O) groups is 1. The highest BCUT2D eigenvalue weighted by atomic mass is 32.2. The van der Waals surface area contributed by atoms with Crippen molar-refractivity contribution in [2.45, 2.75) is 6.92 Å². The molecule has 31 heavy (non-hydrogen) atoms. The molecule has 0 N–H and O–H groups in total. The van der Waals surface area contributed by atoms with Gasteiger partial charge in [0.25, 0.3) is 5.91 Å². The molecule has 1 saturated heterocycles. The van der Waals surface area contributed by atoms with Gasteiger partial charge in [-0.15, -0.1) is 0 Å². The highest BCUT2D eigenvalue weighted by molar-refractivity contribution is 8.26. The molecule has 0 spiro atoms. The third-order valence-corrected chi connectivity index (χ3v) is 6.33. The van der Waals surface area contributed by atoms with Crippen molar-refractivity contribution in [3.05, 3.63) is 83.4 Å². The molecule has 0 bridgehead atoms. The Morgan fingerprint density at radius 1 is 1.23 bits per heavy atom. The van der Waals surface area contributed by atoms with Gasteiger partial charge in [-0.2, -0.15) is 5.10 Å². The lowest BCUT2D eigenvalue weighted by Crippen LogP contribution is -2.22. The first kappa shape index (κ1) is 21.1. The van der Waals surface area contributed by atoms with Gasteiger partial charge in [0, 0.05) is 24.4 Å². The fraction of sp³-hybridized carbons (Fsp3) is 0.125. The summed E-state index contributed by atoms with van der Waals surface area (Å²) in [6.45, 7) is 6.14. The van der Waals surface area contributed by atoms with Crippen LogP contribution in [0.4, 0.5) is 0 Å². The van der Waals surface area contributed by atoms with Crippen LogP contribution < -0.4 is 4.74 Å². The number of nitrogens with zero attached hydrogens (tertiary/aromatic N) is 3. The number of rotatable bonds is 6. The lowest BCUT2D eigenvalue weighted by molar-refractivity contribution is -0.121. The van der Waals surface area contributed by atoms with Crippen LogP contribution in [0, 0.1) is 6.92 Å². The Hall–Kier alpha value is -3.16. The van der Waals surface area contributed by atoms with Crippen LogP contribution in [0.2, 0.25) is 0 Å². The van der Waals surface area contributed by atoms with Crippen molar-refractivity contribution in [1.29, 1.82) is 0 Å². The predicted octanol–water partition coefficient (Wildman–Crippen LogP) is 5.24. The molecule has 7 heteroatoms. The Bertz CT molecular complexity index is 1200. The van der Waals surface area contributed by atoms with E-state index in [-0.39, 0.29) is 5.91 Å². The fourth-order valence-electron chi connectivity index (χ4n) is 3.22. The lowest BCUT2D eigenvalue weighted by Gasteiger charge is -2.09. The van der Waals surface area contributed by atoms with Crippen LogP contribution in [-0.4, -0.2) is 38.6 Å². The summed E-state index contributed by atoms with van der Waals surface area (Å²) < 4.78 is 8.08. The van der Waals surface area contributed by atoms with Crippen LogP contribution in [-0.2, 0) is 4.79 Å². The van der Waals surface area contributed by atoms with E-state index < -0.39 is 0 Å². The third kappa shape index (κ3) is 4.33. The maximum Gasteiger partial charge on any atom is 0.265 e. The molecule has 0 unspecified atom stereocenters. The molecule has 4 rings (SSSR count). The normalized spacial score (nSPS) is 15.0. The molecule has 1 amide bonds. The first-order chi connectivity index (χ1) is 15.0. The number of aromatic nitrogens is 2. The maximum absolute atomic E-state index is 12.5. The minimum absolute atomic E-state index is 0.0993. The van der Waals surface area contributed by atoms with Crippen LogP contribution in [0.25, 0.3) is 23.0 Å². The Balaban J connectivity index is 1.80. The van der Waals surface area contributed by atoms with Crippen molar-refractivity contribution in [3.63, 3.8) is 0 Å². The summed E-state index contributed by atoms with van der Waals surface area (Å²) in [6, 6.07) is 15.8. The van der Waals surface area contributed by atoms with Crippen molar-refractivity contribution in [2.75, 3.05) is 13.7 Å². The summed E-state index contributed by atoms with van der Waals surface area (Å²) in [4.78, 5) is 14.6. The molecule has 0 aliphatic carbocycles. The summed E-state index contributed by atoms with van der Waals surface area (Å²) in [5.74, 6) is 0.706. The van der Waals surface area contributed by atoms with E-state index in [1.807, 2.05) is 72.4 Å². The van der Waals surface area contributed by atoms with Gasteiger partial charge in [-0.1, -0.05) is 54.8 Å². The number of ether oxygens (including phenoxy) is 1. The van der Waals surface area contributed by atoms with Gasteiger partial charge in [0.05, 0.1) is 10.6 Å². The summed E-state index contributed by atoms with van der Waals surface area (Å²) in [7, 11) is 1.69. The zero-order valence-electron chi connectivity index (χ0n) is 17.2. The molecule has 0 atom stereocenters. The first-order valence-electron chi connectivity index (χ1n) is 9.69. The number of hydrogen-bond donors (Lipinski definition) is 0. The topological polar surface area (TPSA) is 47.4 Å². The Morgan fingerprint density at radius 2 is 2.00 bits per heavy atom. The largest absolute Gasteiger partial charge is 0.489 e. The van der Waals surface area contributed by atoms with E-state index in [4.69, 9.17) is 22.1 Å². The number of para-hydroxylation sites is 1. The van der Waals surface area contributed by atoms with Crippen molar-refractivity contribution in [2.24, 2.45) is 0 Å².